The second-order valence-electron chi connectivity index (χ2n) is 14.0. The van der Waals surface area contributed by atoms with Crippen molar-refractivity contribution in [3.05, 3.63) is 235 Å². The first kappa shape index (κ1) is 35.0. The van der Waals surface area contributed by atoms with E-state index in [1.807, 2.05) is 0 Å². The number of anilines is 3. The molecule has 0 bridgehead atoms. The Hall–Kier alpha value is -6.74. The monoisotopic (exact) mass is 779 g/mol. The van der Waals surface area contributed by atoms with Crippen LogP contribution in [0.4, 0.5) is 17.1 Å². The van der Waals surface area contributed by atoms with Gasteiger partial charge in [-0.15, -0.1) is 0 Å². The second kappa shape index (κ2) is 15.9. The standard InChI is InChI=1S/C54H38BrN/c55-51-27-33-54(34-28-51)56(52-29-23-41(24-30-52)45-17-9-21-49(37-45)47-19-7-15-43(35-47)39-11-3-1-4-12-39)53-31-25-42(26-32-53)46-18-10-22-50(38-46)48-20-8-16-44(36-48)40-13-5-2-6-14-40/h1-38H. The summed E-state index contributed by atoms with van der Waals surface area (Å²) in [5.41, 5.74) is 17.7. The molecule has 56 heavy (non-hydrogen) atoms. The molecule has 266 valence electrons. The number of halogens is 1. The molecule has 0 aliphatic heterocycles. The number of nitrogens with zero attached hydrogens (tertiary/aromatic N) is 1. The fourth-order valence-corrected chi connectivity index (χ4v) is 7.68. The van der Waals surface area contributed by atoms with Crippen molar-refractivity contribution >= 4 is 33.0 Å². The van der Waals surface area contributed by atoms with Crippen molar-refractivity contribution in [1.82, 2.24) is 0 Å². The Kier molecular flexibility index (Phi) is 9.95. The lowest BCUT2D eigenvalue weighted by molar-refractivity contribution is 1.28. The molecule has 0 aromatic heterocycles. The quantitative estimate of drug-likeness (QED) is 0.141. The highest BCUT2D eigenvalue weighted by atomic mass is 79.9. The van der Waals surface area contributed by atoms with E-state index in [1.165, 1.54) is 66.8 Å². The normalized spacial score (nSPS) is 10.9. The fraction of sp³-hybridized carbons (Fsp3) is 0. The second-order valence-corrected chi connectivity index (χ2v) is 14.9. The van der Waals surface area contributed by atoms with Crippen molar-refractivity contribution in [1.29, 1.82) is 0 Å². The highest BCUT2D eigenvalue weighted by Gasteiger charge is 2.14. The molecule has 0 aliphatic carbocycles. The summed E-state index contributed by atoms with van der Waals surface area (Å²) in [5.74, 6) is 0. The smallest absolute Gasteiger partial charge is 0.0462 e. The van der Waals surface area contributed by atoms with Gasteiger partial charge in [0.2, 0.25) is 0 Å². The van der Waals surface area contributed by atoms with Gasteiger partial charge in [-0.3, -0.25) is 0 Å². The predicted molar refractivity (Wildman–Crippen MR) is 241 cm³/mol. The minimum absolute atomic E-state index is 1.05. The number of rotatable bonds is 9. The van der Waals surface area contributed by atoms with Crippen LogP contribution in [0.15, 0.2) is 235 Å². The molecule has 9 aromatic carbocycles. The van der Waals surface area contributed by atoms with Crippen molar-refractivity contribution in [2.45, 2.75) is 0 Å². The molecule has 0 atom stereocenters. The van der Waals surface area contributed by atoms with Crippen LogP contribution in [0.1, 0.15) is 0 Å². The summed E-state index contributed by atoms with van der Waals surface area (Å²) < 4.78 is 1.05. The summed E-state index contributed by atoms with van der Waals surface area (Å²) in [4.78, 5) is 2.32. The Morgan fingerprint density at radius 3 is 0.750 bits per heavy atom. The number of hydrogen-bond acceptors (Lipinski definition) is 1. The minimum Gasteiger partial charge on any atom is -0.311 e. The third kappa shape index (κ3) is 7.61. The Bertz CT molecular complexity index is 2550. The van der Waals surface area contributed by atoms with Crippen LogP contribution in [0.25, 0.3) is 66.8 Å². The van der Waals surface area contributed by atoms with E-state index in [4.69, 9.17) is 0 Å². The summed E-state index contributed by atoms with van der Waals surface area (Å²) >= 11 is 3.64. The van der Waals surface area contributed by atoms with Gasteiger partial charge in [-0.2, -0.15) is 0 Å². The molecule has 0 radical (unpaired) electrons. The SMILES string of the molecule is Brc1ccc(N(c2ccc(-c3cccc(-c4cccc(-c5ccccc5)c4)c3)cc2)c2ccc(-c3cccc(-c4cccc(-c5ccccc5)c4)c3)cc2)cc1. The first-order valence-corrected chi connectivity index (χ1v) is 19.7. The fourth-order valence-electron chi connectivity index (χ4n) is 7.42. The average Bonchev–Trinajstić information content (AvgIpc) is 3.28. The van der Waals surface area contributed by atoms with Gasteiger partial charge in [0.05, 0.1) is 0 Å². The largest absolute Gasteiger partial charge is 0.311 e. The van der Waals surface area contributed by atoms with Crippen LogP contribution in [0, 0.1) is 0 Å². The molecule has 9 aromatic rings. The lowest BCUT2D eigenvalue weighted by atomic mass is 9.96. The first-order chi connectivity index (χ1) is 27.6. The molecule has 0 saturated heterocycles. The average molecular weight is 781 g/mol. The van der Waals surface area contributed by atoms with Gasteiger partial charge in [0.1, 0.15) is 0 Å². The third-order valence-electron chi connectivity index (χ3n) is 10.3. The van der Waals surface area contributed by atoms with Crippen LogP contribution >= 0.6 is 15.9 Å². The van der Waals surface area contributed by atoms with Crippen LogP contribution in [-0.4, -0.2) is 0 Å². The van der Waals surface area contributed by atoms with Gasteiger partial charge in [-0.1, -0.05) is 174 Å². The highest BCUT2D eigenvalue weighted by Crippen LogP contribution is 2.38. The maximum Gasteiger partial charge on any atom is 0.0462 e. The Morgan fingerprint density at radius 1 is 0.214 bits per heavy atom. The molecule has 0 N–H and O–H groups in total. The maximum absolute atomic E-state index is 3.64. The van der Waals surface area contributed by atoms with Gasteiger partial charge in [0.25, 0.3) is 0 Å². The Labute approximate surface area is 338 Å². The zero-order valence-electron chi connectivity index (χ0n) is 30.8. The van der Waals surface area contributed by atoms with Crippen LogP contribution in [0.3, 0.4) is 0 Å². The zero-order valence-corrected chi connectivity index (χ0v) is 32.4. The Balaban J connectivity index is 0.997. The summed E-state index contributed by atoms with van der Waals surface area (Å²) in [6.07, 6.45) is 0. The summed E-state index contributed by atoms with van der Waals surface area (Å²) in [7, 11) is 0. The minimum atomic E-state index is 1.05. The molecule has 1 nitrogen and oxygen atoms in total. The van der Waals surface area contributed by atoms with Crippen molar-refractivity contribution in [3.63, 3.8) is 0 Å². The van der Waals surface area contributed by atoms with Crippen molar-refractivity contribution in [3.8, 4) is 66.8 Å². The summed E-state index contributed by atoms with van der Waals surface area (Å²) in [5, 5.41) is 0. The molecule has 0 fully saturated rings. The molecular formula is C54H38BrN. The van der Waals surface area contributed by atoms with Crippen LogP contribution in [0.2, 0.25) is 0 Å². The highest BCUT2D eigenvalue weighted by molar-refractivity contribution is 9.10. The molecule has 0 saturated carbocycles. The lowest BCUT2D eigenvalue weighted by Crippen LogP contribution is -2.09. The van der Waals surface area contributed by atoms with E-state index < -0.39 is 0 Å². The van der Waals surface area contributed by atoms with Gasteiger partial charge < -0.3 is 4.90 Å². The van der Waals surface area contributed by atoms with Gasteiger partial charge in [-0.25, -0.2) is 0 Å². The van der Waals surface area contributed by atoms with Crippen LogP contribution < -0.4 is 4.90 Å². The van der Waals surface area contributed by atoms with Gasteiger partial charge in [-0.05, 0) is 140 Å². The summed E-state index contributed by atoms with van der Waals surface area (Å²) in [6, 6.07) is 82.7. The third-order valence-corrected chi connectivity index (χ3v) is 10.9. The van der Waals surface area contributed by atoms with E-state index in [9.17, 15) is 0 Å². The molecule has 0 unspecified atom stereocenters. The summed E-state index contributed by atoms with van der Waals surface area (Å²) in [6.45, 7) is 0. The molecule has 0 spiro atoms. The molecule has 0 aliphatic rings. The van der Waals surface area contributed by atoms with Crippen molar-refractivity contribution in [2.75, 3.05) is 4.90 Å². The van der Waals surface area contributed by atoms with Gasteiger partial charge >= 0.3 is 0 Å². The topological polar surface area (TPSA) is 3.24 Å². The zero-order chi connectivity index (χ0) is 37.7. The number of hydrogen-bond donors (Lipinski definition) is 0. The molecule has 0 heterocycles. The molecule has 9 rings (SSSR count). The van der Waals surface area contributed by atoms with E-state index >= 15 is 0 Å². The molecular weight excluding hydrogens is 743 g/mol. The van der Waals surface area contributed by atoms with Crippen molar-refractivity contribution in [2.24, 2.45) is 0 Å². The Morgan fingerprint density at radius 2 is 0.446 bits per heavy atom. The van der Waals surface area contributed by atoms with E-state index in [2.05, 4.69) is 251 Å². The first-order valence-electron chi connectivity index (χ1n) is 18.9. The number of benzene rings is 9. The lowest BCUT2D eigenvalue weighted by Gasteiger charge is -2.26. The van der Waals surface area contributed by atoms with Gasteiger partial charge in [0, 0.05) is 21.5 Å². The van der Waals surface area contributed by atoms with Crippen molar-refractivity contribution < 1.29 is 0 Å². The molecule has 2 heteroatoms. The predicted octanol–water partition coefficient (Wildman–Crippen LogP) is 15.9. The van der Waals surface area contributed by atoms with Crippen LogP contribution in [0.5, 0.6) is 0 Å². The molecule has 0 amide bonds. The van der Waals surface area contributed by atoms with E-state index in [0.29, 0.717) is 0 Å². The van der Waals surface area contributed by atoms with E-state index in [1.54, 1.807) is 0 Å². The van der Waals surface area contributed by atoms with E-state index in [0.717, 1.165) is 21.5 Å². The van der Waals surface area contributed by atoms with Crippen LogP contribution in [-0.2, 0) is 0 Å². The van der Waals surface area contributed by atoms with E-state index in [-0.39, 0.29) is 0 Å². The maximum atomic E-state index is 3.64. The van der Waals surface area contributed by atoms with Gasteiger partial charge in [0.15, 0.2) is 0 Å².